The van der Waals surface area contributed by atoms with Gasteiger partial charge in [-0.3, -0.25) is 0 Å². The SMILES string of the molecule is Cc1ccc(OC[C@H](O)CNC2CCN(C[C@@H](O)COc3cc(Cl)cc(Cl)c3)CC2)cc1. The smallest absolute Gasteiger partial charge is 0.122 e. The molecule has 176 valence electrons. The van der Waals surface area contributed by atoms with E-state index in [1.165, 1.54) is 5.56 Å². The summed E-state index contributed by atoms with van der Waals surface area (Å²) in [7, 11) is 0. The van der Waals surface area contributed by atoms with Crippen LogP contribution in [0.25, 0.3) is 0 Å². The third-order valence-electron chi connectivity index (χ3n) is 5.44. The molecule has 0 spiro atoms. The molecule has 1 heterocycles. The number of halogens is 2. The third kappa shape index (κ3) is 8.77. The second-order valence-electron chi connectivity index (χ2n) is 8.33. The molecular weight excluding hydrogens is 451 g/mol. The van der Waals surface area contributed by atoms with E-state index in [0.29, 0.717) is 34.9 Å². The molecule has 0 bridgehead atoms. The molecule has 1 aliphatic rings. The number of aliphatic hydroxyl groups excluding tert-OH is 2. The summed E-state index contributed by atoms with van der Waals surface area (Å²) in [6.45, 7) is 5.28. The zero-order chi connectivity index (χ0) is 22.9. The van der Waals surface area contributed by atoms with Crippen LogP contribution in [0.4, 0.5) is 0 Å². The molecule has 0 aliphatic carbocycles. The fourth-order valence-electron chi connectivity index (χ4n) is 3.66. The minimum absolute atomic E-state index is 0.183. The summed E-state index contributed by atoms with van der Waals surface area (Å²) >= 11 is 11.9. The Hall–Kier alpha value is -1.54. The molecule has 0 aromatic heterocycles. The first-order valence-electron chi connectivity index (χ1n) is 11.0. The highest BCUT2D eigenvalue weighted by atomic mass is 35.5. The van der Waals surface area contributed by atoms with Gasteiger partial charge in [-0.2, -0.15) is 0 Å². The lowest BCUT2D eigenvalue weighted by molar-refractivity contribution is 0.0556. The Balaban J connectivity index is 1.28. The second kappa shape index (κ2) is 12.6. The maximum absolute atomic E-state index is 10.3. The molecule has 0 radical (unpaired) electrons. The average Bonchev–Trinajstić information content (AvgIpc) is 2.76. The summed E-state index contributed by atoms with van der Waals surface area (Å²) in [6, 6.07) is 13.1. The van der Waals surface area contributed by atoms with Crippen LogP contribution in [-0.2, 0) is 0 Å². The molecule has 2 aromatic carbocycles. The predicted octanol–water partition coefficient (Wildman–Crippen LogP) is 3.54. The normalized spacial score (nSPS) is 17.2. The van der Waals surface area contributed by atoms with Gasteiger partial charge in [0, 0.05) is 29.2 Å². The first kappa shape index (κ1) is 25.1. The standard InChI is InChI=1S/C24H32Cl2N2O4/c1-17-2-4-23(5-3-17)31-15-21(29)13-27-20-6-8-28(9-7-20)14-22(30)16-32-24-11-18(25)10-19(26)12-24/h2-5,10-12,20-22,27,29-30H,6-9,13-16H2,1H3/t21-,22-/m1/s1. The quantitative estimate of drug-likeness (QED) is 0.454. The van der Waals surface area contributed by atoms with Crippen molar-refractivity contribution in [3.63, 3.8) is 0 Å². The van der Waals surface area contributed by atoms with Crippen LogP contribution in [0.3, 0.4) is 0 Å². The van der Waals surface area contributed by atoms with Crippen LogP contribution in [0.15, 0.2) is 42.5 Å². The van der Waals surface area contributed by atoms with Gasteiger partial charge in [-0.25, -0.2) is 0 Å². The van der Waals surface area contributed by atoms with Crippen molar-refractivity contribution in [2.75, 3.05) is 39.4 Å². The van der Waals surface area contributed by atoms with Gasteiger partial charge in [0.2, 0.25) is 0 Å². The zero-order valence-electron chi connectivity index (χ0n) is 18.3. The molecule has 8 heteroatoms. The van der Waals surface area contributed by atoms with Crippen molar-refractivity contribution in [2.24, 2.45) is 0 Å². The van der Waals surface area contributed by atoms with Gasteiger partial charge in [-0.15, -0.1) is 0 Å². The predicted molar refractivity (Wildman–Crippen MR) is 128 cm³/mol. The Bertz CT molecular complexity index is 809. The van der Waals surface area contributed by atoms with Gasteiger partial charge in [-0.05, 0) is 63.2 Å². The largest absolute Gasteiger partial charge is 0.491 e. The van der Waals surface area contributed by atoms with Gasteiger partial charge in [0.15, 0.2) is 0 Å². The molecule has 0 unspecified atom stereocenters. The molecule has 1 aliphatic heterocycles. The topological polar surface area (TPSA) is 74.2 Å². The maximum atomic E-state index is 10.3. The van der Waals surface area contributed by atoms with Crippen molar-refractivity contribution < 1.29 is 19.7 Å². The van der Waals surface area contributed by atoms with Crippen molar-refractivity contribution in [2.45, 2.75) is 38.0 Å². The highest BCUT2D eigenvalue weighted by Gasteiger charge is 2.21. The molecule has 0 amide bonds. The molecule has 1 saturated heterocycles. The number of likely N-dealkylation sites (tertiary alicyclic amines) is 1. The summed E-state index contributed by atoms with van der Waals surface area (Å²) in [6.07, 6.45) is 0.762. The molecular formula is C24H32Cl2N2O4. The number of β-amino-alcohol motifs (C(OH)–C–C–N with tert-alkyl or cyclic N) is 1. The lowest BCUT2D eigenvalue weighted by atomic mass is 10.0. The van der Waals surface area contributed by atoms with Crippen LogP contribution >= 0.6 is 23.2 Å². The highest BCUT2D eigenvalue weighted by Crippen LogP contribution is 2.24. The van der Waals surface area contributed by atoms with Crippen molar-refractivity contribution in [3.8, 4) is 11.5 Å². The number of nitrogens with zero attached hydrogens (tertiary/aromatic N) is 1. The number of aliphatic hydroxyl groups is 2. The lowest BCUT2D eigenvalue weighted by Crippen LogP contribution is -2.47. The summed E-state index contributed by atoms with van der Waals surface area (Å²) in [5, 5.41) is 24.9. The van der Waals surface area contributed by atoms with Crippen molar-refractivity contribution in [1.82, 2.24) is 10.2 Å². The van der Waals surface area contributed by atoms with E-state index in [-0.39, 0.29) is 13.2 Å². The van der Waals surface area contributed by atoms with Crippen molar-refractivity contribution in [1.29, 1.82) is 0 Å². The summed E-state index contributed by atoms with van der Waals surface area (Å²) in [5.41, 5.74) is 1.18. The number of benzene rings is 2. The fourth-order valence-corrected chi connectivity index (χ4v) is 4.17. The molecule has 3 rings (SSSR count). The molecule has 32 heavy (non-hydrogen) atoms. The van der Waals surface area contributed by atoms with Gasteiger partial charge in [0.25, 0.3) is 0 Å². The van der Waals surface area contributed by atoms with E-state index in [1.807, 2.05) is 31.2 Å². The van der Waals surface area contributed by atoms with E-state index in [9.17, 15) is 10.2 Å². The second-order valence-corrected chi connectivity index (χ2v) is 9.20. The summed E-state index contributed by atoms with van der Waals surface area (Å²) < 4.78 is 11.3. The van der Waals surface area contributed by atoms with Crippen LogP contribution in [-0.4, -0.2) is 72.8 Å². The third-order valence-corrected chi connectivity index (χ3v) is 5.88. The first-order chi connectivity index (χ1) is 15.4. The molecule has 3 N–H and O–H groups in total. The Kier molecular flexibility index (Phi) is 9.91. The number of hydrogen-bond acceptors (Lipinski definition) is 6. The number of ether oxygens (including phenoxy) is 2. The number of aryl methyl sites for hydroxylation is 1. The minimum Gasteiger partial charge on any atom is -0.491 e. The van der Waals surface area contributed by atoms with E-state index in [0.717, 1.165) is 31.7 Å². The number of hydrogen-bond donors (Lipinski definition) is 3. The monoisotopic (exact) mass is 482 g/mol. The molecule has 2 atom stereocenters. The van der Waals surface area contributed by atoms with E-state index in [2.05, 4.69) is 10.2 Å². The zero-order valence-corrected chi connectivity index (χ0v) is 19.9. The molecule has 1 fully saturated rings. The number of piperidine rings is 1. The summed E-state index contributed by atoms with van der Waals surface area (Å²) in [4.78, 5) is 2.23. The molecule has 2 aromatic rings. The van der Waals surface area contributed by atoms with E-state index in [1.54, 1.807) is 18.2 Å². The van der Waals surface area contributed by atoms with Crippen LogP contribution in [0, 0.1) is 6.92 Å². The van der Waals surface area contributed by atoms with Gasteiger partial charge in [0.1, 0.15) is 36.9 Å². The van der Waals surface area contributed by atoms with E-state index < -0.39 is 12.2 Å². The average molecular weight is 483 g/mol. The molecule has 0 saturated carbocycles. The van der Waals surface area contributed by atoms with Gasteiger partial charge >= 0.3 is 0 Å². The van der Waals surface area contributed by atoms with Gasteiger partial charge < -0.3 is 29.9 Å². The van der Waals surface area contributed by atoms with Gasteiger partial charge in [0.05, 0.1) is 0 Å². The van der Waals surface area contributed by atoms with E-state index in [4.69, 9.17) is 32.7 Å². The molecule has 6 nitrogen and oxygen atoms in total. The number of rotatable bonds is 11. The maximum Gasteiger partial charge on any atom is 0.122 e. The Morgan fingerprint density at radius 1 is 0.938 bits per heavy atom. The highest BCUT2D eigenvalue weighted by molar-refractivity contribution is 6.34. The van der Waals surface area contributed by atoms with E-state index >= 15 is 0 Å². The van der Waals surface area contributed by atoms with Crippen molar-refractivity contribution >= 4 is 23.2 Å². The van der Waals surface area contributed by atoms with Crippen LogP contribution < -0.4 is 14.8 Å². The van der Waals surface area contributed by atoms with Crippen LogP contribution in [0.2, 0.25) is 10.0 Å². The lowest BCUT2D eigenvalue weighted by Gasteiger charge is -2.33. The van der Waals surface area contributed by atoms with Gasteiger partial charge in [-0.1, -0.05) is 40.9 Å². The Morgan fingerprint density at radius 3 is 2.19 bits per heavy atom. The first-order valence-corrected chi connectivity index (χ1v) is 11.7. The van der Waals surface area contributed by atoms with Crippen LogP contribution in [0.1, 0.15) is 18.4 Å². The number of nitrogens with one attached hydrogen (secondary N) is 1. The Labute approximate surface area is 200 Å². The Morgan fingerprint density at radius 2 is 1.53 bits per heavy atom. The van der Waals surface area contributed by atoms with Crippen LogP contribution in [0.5, 0.6) is 11.5 Å². The van der Waals surface area contributed by atoms with Crippen molar-refractivity contribution in [3.05, 3.63) is 58.1 Å². The minimum atomic E-state index is -0.599. The summed E-state index contributed by atoms with van der Waals surface area (Å²) in [5.74, 6) is 1.32. The fraction of sp³-hybridized carbons (Fsp3) is 0.500.